The van der Waals surface area contributed by atoms with Gasteiger partial charge in [-0.25, -0.2) is 0 Å². The number of aliphatic hydroxyl groups excluding tert-OH is 1. The fourth-order valence-electron chi connectivity index (χ4n) is 1.07. The maximum absolute atomic E-state index is 10.5. The number of benzene rings is 1. The van der Waals surface area contributed by atoms with Crippen LogP contribution < -0.4 is 5.32 Å². The first kappa shape index (κ1) is 10.7. The standard InChI is InChI=1S/C10H13NO3/c12-7-9(10(13)14)11-6-8-4-2-1-3-5-8/h1-5,9,11-12H,6-7H2,(H,13,14). The quantitative estimate of drug-likeness (QED) is 0.628. The van der Waals surface area contributed by atoms with E-state index in [-0.39, 0.29) is 0 Å². The second-order valence-corrected chi connectivity index (χ2v) is 2.94. The summed E-state index contributed by atoms with van der Waals surface area (Å²) in [5, 5.41) is 20.1. The monoisotopic (exact) mass is 195 g/mol. The molecule has 4 heteroatoms. The van der Waals surface area contributed by atoms with Gasteiger partial charge in [0.05, 0.1) is 6.61 Å². The summed E-state index contributed by atoms with van der Waals surface area (Å²) in [6, 6.07) is 8.55. The Kier molecular flexibility index (Phi) is 4.10. The smallest absolute Gasteiger partial charge is 0.323 e. The van der Waals surface area contributed by atoms with Gasteiger partial charge in [0, 0.05) is 6.54 Å². The van der Waals surface area contributed by atoms with Crippen LogP contribution in [0.5, 0.6) is 0 Å². The van der Waals surface area contributed by atoms with Gasteiger partial charge >= 0.3 is 5.97 Å². The lowest BCUT2D eigenvalue weighted by Crippen LogP contribution is -2.39. The van der Waals surface area contributed by atoms with Crippen LogP contribution in [0.4, 0.5) is 0 Å². The molecule has 0 aliphatic heterocycles. The molecule has 1 aromatic rings. The third kappa shape index (κ3) is 3.16. The van der Waals surface area contributed by atoms with Crippen molar-refractivity contribution in [2.45, 2.75) is 12.6 Å². The molecule has 1 aromatic carbocycles. The zero-order valence-electron chi connectivity index (χ0n) is 7.68. The second-order valence-electron chi connectivity index (χ2n) is 2.94. The van der Waals surface area contributed by atoms with E-state index in [0.717, 1.165) is 5.56 Å². The van der Waals surface area contributed by atoms with Gasteiger partial charge in [0.2, 0.25) is 0 Å². The number of rotatable bonds is 5. The molecule has 4 nitrogen and oxygen atoms in total. The topological polar surface area (TPSA) is 69.6 Å². The summed E-state index contributed by atoms with van der Waals surface area (Å²) < 4.78 is 0. The second kappa shape index (κ2) is 5.36. The van der Waals surface area contributed by atoms with Crippen molar-refractivity contribution in [1.29, 1.82) is 0 Å². The van der Waals surface area contributed by atoms with Crippen molar-refractivity contribution in [3.05, 3.63) is 35.9 Å². The molecule has 0 fully saturated rings. The van der Waals surface area contributed by atoms with E-state index in [9.17, 15) is 4.79 Å². The highest BCUT2D eigenvalue weighted by Gasteiger charge is 2.14. The van der Waals surface area contributed by atoms with Crippen LogP contribution in [0.25, 0.3) is 0 Å². The van der Waals surface area contributed by atoms with Crippen molar-refractivity contribution < 1.29 is 15.0 Å². The molecule has 0 saturated heterocycles. The van der Waals surface area contributed by atoms with Crippen LogP contribution in [0.15, 0.2) is 30.3 Å². The normalized spacial score (nSPS) is 12.4. The Balaban J connectivity index is 2.44. The first-order valence-electron chi connectivity index (χ1n) is 4.35. The highest BCUT2D eigenvalue weighted by molar-refractivity contribution is 5.73. The molecule has 0 aromatic heterocycles. The molecule has 0 saturated carbocycles. The highest BCUT2D eigenvalue weighted by atomic mass is 16.4. The van der Waals surface area contributed by atoms with Gasteiger partial charge in [0.1, 0.15) is 6.04 Å². The first-order valence-corrected chi connectivity index (χ1v) is 4.35. The fourth-order valence-corrected chi connectivity index (χ4v) is 1.07. The lowest BCUT2D eigenvalue weighted by atomic mass is 10.2. The Labute approximate surface area is 82.2 Å². The summed E-state index contributed by atoms with van der Waals surface area (Å²) in [5.74, 6) is -1.04. The molecule has 14 heavy (non-hydrogen) atoms. The first-order chi connectivity index (χ1) is 6.74. The van der Waals surface area contributed by atoms with Crippen LogP contribution in [0.2, 0.25) is 0 Å². The number of carboxylic acid groups (broad SMARTS) is 1. The van der Waals surface area contributed by atoms with Crippen LogP contribution in [-0.2, 0) is 11.3 Å². The minimum absolute atomic E-state index is 0.401. The Hall–Kier alpha value is -1.39. The number of aliphatic hydroxyl groups is 1. The van der Waals surface area contributed by atoms with E-state index in [1.54, 1.807) is 0 Å². The zero-order chi connectivity index (χ0) is 10.4. The lowest BCUT2D eigenvalue weighted by Gasteiger charge is -2.10. The largest absolute Gasteiger partial charge is 0.480 e. The van der Waals surface area contributed by atoms with Gasteiger partial charge in [-0.1, -0.05) is 30.3 Å². The molecule has 1 atom stereocenters. The SMILES string of the molecule is O=C(O)C(CO)NCc1ccccc1. The summed E-state index contributed by atoms with van der Waals surface area (Å²) >= 11 is 0. The molecule has 0 spiro atoms. The van der Waals surface area contributed by atoms with Crippen LogP contribution in [-0.4, -0.2) is 28.8 Å². The van der Waals surface area contributed by atoms with Crippen molar-refractivity contribution in [2.24, 2.45) is 0 Å². The average molecular weight is 195 g/mol. The molecular weight excluding hydrogens is 182 g/mol. The molecule has 0 radical (unpaired) electrons. The van der Waals surface area contributed by atoms with E-state index in [1.807, 2.05) is 30.3 Å². The van der Waals surface area contributed by atoms with E-state index >= 15 is 0 Å². The van der Waals surface area contributed by atoms with Crippen molar-refractivity contribution in [1.82, 2.24) is 5.32 Å². The van der Waals surface area contributed by atoms with Gasteiger partial charge in [-0.05, 0) is 5.56 Å². The van der Waals surface area contributed by atoms with Gasteiger partial charge in [-0.3, -0.25) is 10.1 Å². The van der Waals surface area contributed by atoms with Crippen molar-refractivity contribution >= 4 is 5.97 Å². The lowest BCUT2D eigenvalue weighted by molar-refractivity contribution is -0.140. The minimum Gasteiger partial charge on any atom is -0.480 e. The van der Waals surface area contributed by atoms with Gasteiger partial charge in [-0.2, -0.15) is 0 Å². The van der Waals surface area contributed by atoms with Crippen LogP contribution in [0, 0.1) is 0 Å². The van der Waals surface area contributed by atoms with Crippen molar-refractivity contribution in [2.75, 3.05) is 6.61 Å². The van der Waals surface area contributed by atoms with E-state index in [2.05, 4.69) is 5.32 Å². The Morgan fingerprint density at radius 2 is 2.00 bits per heavy atom. The zero-order valence-corrected chi connectivity index (χ0v) is 7.68. The van der Waals surface area contributed by atoms with Crippen LogP contribution >= 0.6 is 0 Å². The Bertz CT molecular complexity index is 287. The number of aliphatic carboxylic acids is 1. The molecule has 3 N–H and O–H groups in total. The summed E-state index contributed by atoms with van der Waals surface area (Å²) in [5.41, 5.74) is 0.993. The number of hydrogen-bond donors (Lipinski definition) is 3. The predicted octanol–water partition coefficient (Wildman–Crippen LogP) is 0.222. The Morgan fingerprint density at radius 1 is 1.36 bits per heavy atom. The molecular formula is C10H13NO3. The molecule has 76 valence electrons. The predicted molar refractivity (Wildman–Crippen MR) is 51.8 cm³/mol. The van der Waals surface area contributed by atoms with Gasteiger partial charge in [0.15, 0.2) is 0 Å². The molecule has 0 aliphatic rings. The number of carbonyl (C=O) groups is 1. The third-order valence-corrected chi connectivity index (χ3v) is 1.88. The molecule has 0 bridgehead atoms. The molecule has 0 aliphatic carbocycles. The third-order valence-electron chi connectivity index (χ3n) is 1.88. The van der Waals surface area contributed by atoms with E-state index in [1.165, 1.54) is 0 Å². The highest BCUT2D eigenvalue weighted by Crippen LogP contribution is 1.98. The number of carboxylic acids is 1. The minimum atomic E-state index is -1.04. The van der Waals surface area contributed by atoms with E-state index in [4.69, 9.17) is 10.2 Å². The summed E-state index contributed by atoms with van der Waals surface area (Å²) in [6.45, 7) is 0.0422. The molecule has 1 unspecified atom stereocenters. The average Bonchev–Trinajstić information content (AvgIpc) is 2.20. The molecule has 1 rings (SSSR count). The number of hydrogen-bond acceptors (Lipinski definition) is 3. The van der Waals surface area contributed by atoms with Gasteiger partial charge in [-0.15, -0.1) is 0 Å². The Morgan fingerprint density at radius 3 is 2.50 bits per heavy atom. The fraction of sp³-hybridized carbons (Fsp3) is 0.300. The van der Waals surface area contributed by atoms with Crippen LogP contribution in [0.1, 0.15) is 5.56 Å². The molecule has 0 amide bonds. The van der Waals surface area contributed by atoms with Crippen molar-refractivity contribution in [3.8, 4) is 0 Å². The maximum Gasteiger partial charge on any atom is 0.323 e. The summed E-state index contributed by atoms with van der Waals surface area (Å²) in [6.07, 6.45) is 0. The van der Waals surface area contributed by atoms with E-state index in [0.29, 0.717) is 6.54 Å². The van der Waals surface area contributed by atoms with Gasteiger partial charge < -0.3 is 10.2 Å². The van der Waals surface area contributed by atoms with Crippen LogP contribution in [0.3, 0.4) is 0 Å². The number of nitrogens with one attached hydrogen (secondary N) is 1. The van der Waals surface area contributed by atoms with Crippen molar-refractivity contribution in [3.63, 3.8) is 0 Å². The van der Waals surface area contributed by atoms with E-state index < -0.39 is 18.6 Å². The van der Waals surface area contributed by atoms with Gasteiger partial charge in [0.25, 0.3) is 0 Å². The maximum atomic E-state index is 10.5. The summed E-state index contributed by atoms with van der Waals surface area (Å²) in [7, 11) is 0. The molecule has 0 heterocycles. The summed E-state index contributed by atoms with van der Waals surface area (Å²) in [4.78, 5) is 10.5.